The molecule has 0 N–H and O–H groups in total. The molecular formula is C10H14O4S. The molecule has 5 heteroatoms. The molecule has 84 valence electrons. The van der Waals surface area contributed by atoms with E-state index >= 15 is 0 Å². The highest BCUT2D eigenvalue weighted by atomic mass is 32.2. The summed E-state index contributed by atoms with van der Waals surface area (Å²) in [7, 11) is -2.96. The van der Waals surface area contributed by atoms with Gasteiger partial charge in [0, 0.05) is 12.2 Å². The second-order valence-electron chi connectivity index (χ2n) is 3.28. The molecule has 0 saturated heterocycles. The fourth-order valence-corrected chi connectivity index (χ4v) is 2.04. The highest BCUT2D eigenvalue weighted by Gasteiger charge is 2.11. The van der Waals surface area contributed by atoms with Crippen LogP contribution >= 0.6 is 0 Å². The molecule has 0 bridgehead atoms. The number of sulfone groups is 1. The van der Waals surface area contributed by atoms with Gasteiger partial charge in [-0.3, -0.25) is 4.79 Å². The fraction of sp³-hybridized carbons (Fsp3) is 0.500. The van der Waals surface area contributed by atoms with Crippen molar-refractivity contribution in [2.75, 3.05) is 11.5 Å². The fourth-order valence-electron chi connectivity index (χ4n) is 1.16. The second-order valence-corrected chi connectivity index (χ2v) is 5.75. The van der Waals surface area contributed by atoms with E-state index in [-0.39, 0.29) is 23.7 Å². The maximum atomic E-state index is 11.4. The summed E-state index contributed by atoms with van der Waals surface area (Å²) in [6.45, 7) is 1.60. The van der Waals surface area contributed by atoms with Crippen LogP contribution in [-0.2, 0) is 9.84 Å². The van der Waals surface area contributed by atoms with E-state index in [1.165, 1.54) is 12.5 Å². The zero-order valence-electron chi connectivity index (χ0n) is 8.60. The molecule has 0 aliphatic carbocycles. The minimum atomic E-state index is -2.96. The third-order valence-electron chi connectivity index (χ3n) is 2.14. The molecule has 0 unspecified atom stereocenters. The highest BCUT2D eigenvalue weighted by molar-refractivity contribution is 7.91. The van der Waals surface area contributed by atoms with Crippen molar-refractivity contribution in [2.24, 2.45) is 0 Å². The van der Waals surface area contributed by atoms with Crippen molar-refractivity contribution in [3.8, 4) is 0 Å². The zero-order chi connectivity index (χ0) is 11.3. The Balaban J connectivity index is 2.36. The van der Waals surface area contributed by atoms with Gasteiger partial charge < -0.3 is 4.42 Å². The van der Waals surface area contributed by atoms with Crippen molar-refractivity contribution in [3.05, 3.63) is 24.2 Å². The van der Waals surface area contributed by atoms with Crippen molar-refractivity contribution in [1.82, 2.24) is 0 Å². The van der Waals surface area contributed by atoms with E-state index in [1.54, 1.807) is 13.0 Å². The maximum absolute atomic E-state index is 11.4. The Morgan fingerprint density at radius 1 is 1.47 bits per heavy atom. The first-order valence-corrected chi connectivity index (χ1v) is 6.63. The van der Waals surface area contributed by atoms with Crippen LogP contribution in [0.1, 0.15) is 30.1 Å². The van der Waals surface area contributed by atoms with Crippen LogP contribution in [0.25, 0.3) is 0 Å². The summed E-state index contributed by atoms with van der Waals surface area (Å²) in [6.07, 6.45) is 3.42. The normalized spacial score (nSPS) is 11.5. The molecule has 1 heterocycles. The van der Waals surface area contributed by atoms with Crippen LogP contribution in [0.2, 0.25) is 0 Å². The lowest BCUT2D eigenvalue weighted by atomic mass is 10.1. The van der Waals surface area contributed by atoms with Crippen LogP contribution in [0, 0.1) is 0 Å². The molecule has 0 aromatic carbocycles. The summed E-state index contributed by atoms with van der Waals surface area (Å²) in [4.78, 5) is 11.4. The molecule has 0 fully saturated rings. The Labute approximate surface area is 89.2 Å². The van der Waals surface area contributed by atoms with E-state index in [1.807, 2.05) is 0 Å². The Morgan fingerprint density at radius 2 is 2.20 bits per heavy atom. The molecule has 4 nitrogen and oxygen atoms in total. The quantitative estimate of drug-likeness (QED) is 0.697. The Bertz CT molecular complexity index is 403. The van der Waals surface area contributed by atoms with Gasteiger partial charge in [0.05, 0.1) is 17.6 Å². The zero-order valence-corrected chi connectivity index (χ0v) is 9.42. The lowest BCUT2D eigenvalue weighted by Gasteiger charge is -1.99. The monoisotopic (exact) mass is 230 g/mol. The number of ketones is 1. The number of furan rings is 1. The van der Waals surface area contributed by atoms with Crippen molar-refractivity contribution in [1.29, 1.82) is 0 Å². The van der Waals surface area contributed by atoms with Crippen LogP contribution in [0.15, 0.2) is 23.0 Å². The second kappa shape index (κ2) is 5.11. The maximum Gasteiger partial charge on any atom is 0.166 e. The average molecular weight is 230 g/mol. The molecule has 0 spiro atoms. The van der Waals surface area contributed by atoms with Crippen LogP contribution in [0.5, 0.6) is 0 Å². The first kappa shape index (κ1) is 12.0. The summed E-state index contributed by atoms with van der Waals surface area (Å²) in [5.74, 6) is 0.134. The lowest BCUT2D eigenvalue weighted by molar-refractivity contribution is 0.0981. The van der Waals surface area contributed by atoms with E-state index in [0.717, 1.165) is 0 Å². The number of rotatable bonds is 6. The summed E-state index contributed by atoms with van der Waals surface area (Å²) in [6, 6.07) is 1.58. The minimum Gasteiger partial charge on any atom is -0.472 e. The standard InChI is InChI=1S/C10H14O4S/c1-2-15(12,13)7-3-4-10(11)9-5-6-14-8-9/h5-6,8H,2-4,7H2,1H3. The Morgan fingerprint density at radius 3 is 2.73 bits per heavy atom. The summed E-state index contributed by atoms with van der Waals surface area (Å²) >= 11 is 0. The highest BCUT2D eigenvalue weighted by Crippen LogP contribution is 2.07. The van der Waals surface area contributed by atoms with Crippen molar-refractivity contribution < 1.29 is 17.6 Å². The third kappa shape index (κ3) is 3.87. The molecule has 0 aliphatic heterocycles. The molecule has 1 aromatic heterocycles. The third-order valence-corrected chi connectivity index (χ3v) is 3.93. The number of hydrogen-bond donors (Lipinski definition) is 0. The number of carbonyl (C=O) groups is 1. The SMILES string of the molecule is CCS(=O)(=O)CCCC(=O)c1ccoc1. The smallest absolute Gasteiger partial charge is 0.166 e. The topological polar surface area (TPSA) is 64.3 Å². The van der Waals surface area contributed by atoms with E-state index < -0.39 is 9.84 Å². The molecule has 0 aliphatic rings. The van der Waals surface area contributed by atoms with Crippen molar-refractivity contribution in [2.45, 2.75) is 19.8 Å². The van der Waals surface area contributed by atoms with Gasteiger partial charge >= 0.3 is 0 Å². The Kier molecular flexibility index (Phi) is 4.08. The Hall–Kier alpha value is -1.10. The van der Waals surface area contributed by atoms with Gasteiger partial charge in [0.2, 0.25) is 0 Å². The first-order chi connectivity index (χ1) is 7.05. The largest absolute Gasteiger partial charge is 0.472 e. The number of hydrogen-bond acceptors (Lipinski definition) is 4. The van der Waals surface area contributed by atoms with Gasteiger partial charge in [0.25, 0.3) is 0 Å². The van der Waals surface area contributed by atoms with E-state index in [4.69, 9.17) is 4.42 Å². The van der Waals surface area contributed by atoms with Crippen LogP contribution in [0.3, 0.4) is 0 Å². The van der Waals surface area contributed by atoms with Gasteiger partial charge in [-0.05, 0) is 12.5 Å². The summed E-state index contributed by atoms with van der Waals surface area (Å²) in [5, 5.41) is 0. The van der Waals surface area contributed by atoms with Crippen molar-refractivity contribution >= 4 is 15.6 Å². The molecule has 15 heavy (non-hydrogen) atoms. The first-order valence-electron chi connectivity index (χ1n) is 4.81. The van der Waals surface area contributed by atoms with Crippen LogP contribution in [0.4, 0.5) is 0 Å². The van der Waals surface area contributed by atoms with E-state index in [9.17, 15) is 13.2 Å². The van der Waals surface area contributed by atoms with Gasteiger partial charge in [-0.15, -0.1) is 0 Å². The number of Topliss-reactive ketones (excluding diaryl/α,β-unsaturated/α-hetero) is 1. The van der Waals surface area contributed by atoms with Gasteiger partial charge in [-0.25, -0.2) is 8.42 Å². The summed E-state index contributed by atoms with van der Waals surface area (Å²) < 4.78 is 27.0. The molecule has 0 radical (unpaired) electrons. The summed E-state index contributed by atoms with van der Waals surface area (Å²) in [5.41, 5.74) is 0.504. The molecule has 1 rings (SSSR count). The van der Waals surface area contributed by atoms with Gasteiger partial charge in [0.15, 0.2) is 5.78 Å². The van der Waals surface area contributed by atoms with Crippen LogP contribution in [-0.4, -0.2) is 25.7 Å². The average Bonchev–Trinajstić information content (AvgIpc) is 2.70. The van der Waals surface area contributed by atoms with Crippen LogP contribution < -0.4 is 0 Å². The predicted molar refractivity (Wildman–Crippen MR) is 56.6 cm³/mol. The number of carbonyl (C=O) groups excluding carboxylic acids is 1. The van der Waals surface area contributed by atoms with E-state index in [2.05, 4.69) is 0 Å². The molecular weight excluding hydrogens is 216 g/mol. The molecule has 0 atom stereocenters. The minimum absolute atomic E-state index is 0.0740. The van der Waals surface area contributed by atoms with E-state index in [0.29, 0.717) is 12.0 Å². The lowest BCUT2D eigenvalue weighted by Crippen LogP contribution is -2.10. The predicted octanol–water partition coefficient (Wildman–Crippen LogP) is 1.68. The molecule has 0 amide bonds. The molecule has 1 aromatic rings. The molecule has 0 saturated carbocycles. The van der Waals surface area contributed by atoms with Gasteiger partial charge in [0.1, 0.15) is 16.1 Å². The van der Waals surface area contributed by atoms with Gasteiger partial charge in [-0.2, -0.15) is 0 Å². The van der Waals surface area contributed by atoms with Gasteiger partial charge in [-0.1, -0.05) is 6.92 Å². The van der Waals surface area contributed by atoms with Crippen molar-refractivity contribution in [3.63, 3.8) is 0 Å².